The van der Waals surface area contributed by atoms with Crippen LogP contribution in [0.1, 0.15) is 30.6 Å². The number of carbonyl (C=O) groups excluding carboxylic acids is 2. The first kappa shape index (κ1) is 13.6. The zero-order chi connectivity index (χ0) is 13.8. The summed E-state index contributed by atoms with van der Waals surface area (Å²) in [4.78, 5) is 22.8. The van der Waals surface area contributed by atoms with Crippen LogP contribution in [-0.4, -0.2) is 34.8 Å². The quantitative estimate of drug-likeness (QED) is 0.800. The van der Waals surface area contributed by atoms with Crippen molar-refractivity contribution < 1.29 is 14.3 Å². The summed E-state index contributed by atoms with van der Waals surface area (Å²) in [5, 5.41) is 6.83. The summed E-state index contributed by atoms with van der Waals surface area (Å²) < 4.78 is 6.93. The SMILES string of the molecule is CC(C)Cn1cc(C(=O)OCC2CNC(=O)C2)cn1. The van der Waals surface area contributed by atoms with E-state index in [1.807, 2.05) is 0 Å². The van der Waals surface area contributed by atoms with Crippen molar-refractivity contribution in [1.29, 1.82) is 0 Å². The molecule has 1 aliphatic rings. The molecule has 1 aliphatic heterocycles. The molecule has 104 valence electrons. The second-order valence-corrected chi connectivity index (χ2v) is 5.32. The minimum Gasteiger partial charge on any atom is -0.462 e. The number of nitrogens with zero attached hydrogens (tertiary/aromatic N) is 2. The third-order valence-corrected chi connectivity index (χ3v) is 2.93. The highest BCUT2D eigenvalue weighted by molar-refractivity contribution is 5.88. The predicted molar refractivity (Wildman–Crippen MR) is 68.5 cm³/mol. The fraction of sp³-hybridized carbons (Fsp3) is 0.615. The van der Waals surface area contributed by atoms with E-state index in [-0.39, 0.29) is 24.4 Å². The van der Waals surface area contributed by atoms with Gasteiger partial charge in [-0.05, 0) is 5.92 Å². The fourth-order valence-electron chi connectivity index (χ4n) is 2.00. The van der Waals surface area contributed by atoms with Gasteiger partial charge in [0.1, 0.15) is 0 Å². The predicted octanol–water partition coefficient (Wildman–Crippen LogP) is 0.832. The van der Waals surface area contributed by atoms with Gasteiger partial charge in [0.15, 0.2) is 0 Å². The lowest BCUT2D eigenvalue weighted by Crippen LogP contribution is -2.17. The van der Waals surface area contributed by atoms with Crippen molar-refractivity contribution in [3.05, 3.63) is 18.0 Å². The molecule has 0 radical (unpaired) electrons. The minimum atomic E-state index is -0.380. The molecule has 0 aromatic carbocycles. The molecule has 1 fully saturated rings. The van der Waals surface area contributed by atoms with E-state index < -0.39 is 0 Å². The van der Waals surface area contributed by atoms with Gasteiger partial charge in [0.25, 0.3) is 0 Å². The maximum atomic E-state index is 11.8. The van der Waals surface area contributed by atoms with Gasteiger partial charge in [0, 0.05) is 31.6 Å². The van der Waals surface area contributed by atoms with Crippen LogP contribution in [0.4, 0.5) is 0 Å². The van der Waals surface area contributed by atoms with Crippen LogP contribution in [0, 0.1) is 11.8 Å². The number of ether oxygens (including phenoxy) is 1. The Morgan fingerprint density at radius 3 is 3.05 bits per heavy atom. The second-order valence-electron chi connectivity index (χ2n) is 5.32. The molecule has 1 N–H and O–H groups in total. The molecule has 1 saturated heterocycles. The van der Waals surface area contributed by atoms with Crippen LogP contribution < -0.4 is 5.32 Å². The molecule has 1 aromatic heterocycles. The van der Waals surface area contributed by atoms with Crippen LogP contribution in [0.2, 0.25) is 0 Å². The highest BCUT2D eigenvalue weighted by atomic mass is 16.5. The van der Waals surface area contributed by atoms with Crippen molar-refractivity contribution in [2.24, 2.45) is 11.8 Å². The molecule has 0 saturated carbocycles. The van der Waals surface area contributed by atoms with Gasteiger partial charge < -0.3 is 10.1 Å². The first-order valence-electron chi connectivity index (χ1n) is 6.51. The summed E-state index contributed by atoms with van der Waals surface area (Å²) in [6.45, 7) is 5.80. The lowest BCUT2D eigenvalue weighted by molar-refractivity contribution is -0.119. The summed E-state index contributed by atoms with van der Waals surface area (Å²) in [6.07, 6.45) is 3.64. The smallest absolute Gasteiger partial charge is 0.341 e. The molecule has 2 heterocycles. The third kappa shape index (κ3) is 3.81. The Bertz CT molecular complexity index is 467. The lowest BCUT2D eigenvalue weighted by atomic mass is 10.1. The van der Waals surface area contributed by atoms with Crippen molar-refractivity contribution in [3.63, 3.8) is 0 Å². The fourth-order valence-corrected chi connectivity index (χ4v) is 2.00. The molecule has 19 heavy (non-hydrogen) atoms. The van der Waals surface area contributed by atoms with E-state index in [9.17, 15) is 9.59 Å². The molecular weight excluding hydrogens is 246 g/mol. The van der Waals surface area contributed by atoms with Gasteiger partial charge in [-0.2, -0.15) is 5.10 Å². The molecule has 6 heteroatoms. The minimum absolute atomic E-state index is 0.0193. The summed E-state index contributed by atoms with van der Waals surface area (Å²) >= 11 is 0. The zero-order valence-electron chi connectivity index (χ0n) is 11.3. The first-order valence-corrected chi connectivity index (χ1v) is 6.51. The van der Waals surface area contributed by atoms with E-state index in [1.165, 1.54) is 6.20 Å². The number of aromatic nitrogens is 2. The summed E-state index contributed by atoms with van der Waals surface area (Å²) in [5.74, 6) is 0.196. The van der Waals surface area contributed by atoms with E-state index in [0.717, 1.165) is 6.54 Å². The number of hydrogen-bond acceptors (Lipinski definition) is 4. The zero-order valence-corrected chi connectivity index (χ0v) is 11.3. The van der Waals surface area contributed by atoms with Gasteiger partial charge in [0.05, 0.1) is 18.4 Å². The average molecular weight is 265 g/mol. The first-order chi connectivity index (χ1) is 9.04. The molecule has 0 spiro atoms. The Morgan fingerprint density at radius 2 is 2.42 bits per heavy atom. The summed E-state index contributed by atoms with van der Waals surface area (Å²) in [6, 6.07) is 0. The normalized spacial score (nSPS) is 18.7. The van der Waals surface area contributed by atoms with Gasteiger partial charge in [-0.15, -0.1) is 0 Å². The Labute approximate surface area is 112 Å². The van der Waals surface area contributed by atoms with Crippen molar-refractivity contribution >= 4 is 11.9 Å². The van der Waals surface area contributed by atoms with E-state index in [0.29, 0.717) is 24.4 Å². The topological polar surface area (TPSA) is 73.2 Å². The largest absolute Gasteiger partial charge is 0.462 e. The Hall–Kier alpha value is -1.85. The third-order valence-electron chi connectivity index (χ3n) is 2.93. The second kappa shape index (κ2) is 5.86. The lowest BCUT2D eigenvalue weighted by Gasteiger charge is -2.07. The Kier molecular flexibility index (Phi) is 4.19. The Balaban J connectivity index is 1.82. The van der Waals surface area contributed by atoms with Crippen molar-refractivity contribution in [2.75, 3.05) is 13.2 Å². The molecule has 6 nitrogen and oxygen atoms in total. The van der Waals surface area contributed by atoms with Gasteiger partial charge in [-0.3, -0.25) is 9.48 Å². The molecule has 1 unspecified atom stereocenters. The van der Waals surface area contributed by atoms with Crippen LogP contribution >= 0.6 is 0 Å². The maximum Gasteiger partial charge on any atom is 0.341 e. The van der Waals surface area contributed by atoms with Crippen molar-refractivity contribution in [1.82, 2.24) is 15.1 Å². The Morgan fingerprint density at radius 1 is 1.63 bits per heavy atom. The average Bonchev–Trinajstić information content (AvgIpc) is 2.95. The standard InChI is InChI=1S/C13H19N3O3/c1-9(2)6-16-7-11(5-15-16)13(18)19-8-10-3-12(17)14-4-10/h5,7,9-10H,3-4,6,8H2,1-2H3,(H,14,17). The molecule has 0 bridgehead atoms. The molecular formula is C13H19N3O3. The van der Waals surface area contributed by atoms with Gasteiger partial charge in [-0.1, -0.05) is 13.8 Å². The number of hydrogen-bond donors (Lipinski definition) is 1. The van der Waals surface area contributed by atoms with E-state index in [4.69, 9.17) is 4.74 Å². The molecule has 0 aliphatic carbocycles. The summed E-state index contributed by atoms with van der Waals surface area (Å²) in [5.41, 5.74) is 0.456. The van der Waals surface area contributed by atoms with Crippen LogP contribution in [0.15, 0.2) is 12.4 Å². The molecule has 1 atom stereocenters. The number of carbonyl (C=O) groups is 2. The number of amides is 1. The van der Waals surface area contributed by atoms with E-state index in [2.05, 4.69) is 24.3 Å². The molecule has 2 rings (SSSR count). The molecule has 1 amide bonds. The van der Waals surface area contributed by atoms with Crippen LogP contribution in [-0.2, 0) is 16.1 Å². The van der Waals surface area contributed by atoms with Crippen molar-refractivity contribution in [3.8, 4) is 0 Å². The van der Waals surface area contributed by atoms with Gasteiger partial charge >= 0.3 is 5.97 Å². The highest BCUT2D eigenvalue weighted by Gasteiger charge is 2.23. The number of esters is 1. The van der Waals surface area contributed by atoms with Gasteiger partial charge in [-0.25, -0.2) is 4.79 Å². The number of rotatable bonds is 5. The molecule has 1 aromatic rings. The van der Waals surface area contributed by atoms with Crippen LogP contribution in [0.3, 0.4) is 0 Å². The van der Waals surface area contributed by atoms with Crippen LogP contribution in [0.5, 0.6) is 0 Å². The van der Waals surface area contributed by atoms with E-state index in [1.54, 1.807) is 10.9 Å². The maximum absolute atomic E-state index is 11.8. The summed E-state index contributed by atoms with van der Waals surface area (Å²) in [7, 11) is 0. The van der Waals surface area contributed by atoms with E-state index >= 15 is 0 Å². The monoisotopic (exact) mass is 265 g/mol. The highest BCUT2D eigenvalue weighted by Crippen LogP contribution is 2.11. The van der Waals surface area contributed by atoms with Crippen molar-refractivity contribution in [2.45, 2.75) is 26.8 Å². The number of nitrogens with one attached hydrogen (secondary N) is 1. The van der Waals surface area contributed by atoms with Gasteiger partial charge in [0.2, 0.25) is 5.91 Å². The van der Waals surface area contributed by atoms with Crippen LogP contribution in [0.25, 0.3) is 0 Å².